The van der Waals surface area contributed by atoms with Crippen molar-refractivity contribution in [2.75, 3.05) is 31.2 Å². The Hall–Kier alpha value is -1.91. The highest BCUT2D eigenvalue weighted by molar-refractivity contribution is 7.91. The molecule has 1 aromatic carbocycles. The third kappa shape index (κ3) is 5.05. The zero-order chi connectivity index (χ0) is 16.7. The van der Waals surface area contributed by atoms with Crippen LogP contribution in [-0.2, 0) is 19.4 Å². The lowest BCUT2D eigenvalue weighted by molar-refractivity contribution is -0.150. The minimum Gasteiger partial charge on any atom is -0.464 e. The van der Waals surface area contributed by atoms with E-state index in [4.69, 9.17) is 10.00 Å². The number of benzene rings is 1. The molecule has 7 heteroatoms. The summed E-state index contributed by atoms with van der Waals surface area (Å²) in [7, 11) is -3.01. The summed E-state index contributed by atoms with van der Waals surface area (Å²) in [6.07, 6.45) is 0.837. The summed E-state index contributed by atoms with van der Waals surface area (Å²) in [6, 6.07) is 10.6. The smallest absolute Gasteiger partial charge is 0.328 e. The maximum absolute atomic E-state index is 12.5. The summed E-state index contributed by atoms with van der Waals surface area (Å²) in [5.74, 6) is -0.288. The molecular weight excluding hydrogens is 316 g/mol. The van der Waals surface area contributed by atoms with Crippen LogP contribution in [0, 0.1) is 11.3 Å². The van der Waals surface area contributed by atoms with Crippen LogP contribution >= 0.6 is 0 Å². The highest BCUT2D eigenvalue weighted by Gasteiger charge is 2.33. The molecule has 0 radical (unpaired) electrons. The fourth-order valence-electron chi connectivity index (χ4n) is 2.52. The molecule has 6 nitrogen and oxygen atoms in total. The number of nitriles is 1. The first-order valence-corrected chi connectivity index (χ1v) is 9.38. The van der Waals surface area contributed by atoms with Crippen molar-refractivity contribution in [3.8, 4) is 6.07 Å². The van der Waals surface area contributed by atoms with E-state index in [0.717, 1.165) is 5.56 Å². The molecule has 0 amide bonds. The van der Waals surface area contributed by atoms with Crippen molar-refractivity contribution in [1.82, 2.24) is 4.90 Å². The number of hydrogen-bond acceptors (Lipinski definition) is 6. The van der Waals surface area contributed by atoms with Gasteiger partial charge in [-0.05, 0) is 12.0 Å². The summed E-state index contributed by atoms with van der Waals surface area (Å²) in [4.78, 5) is 14.3. The largest absolute Gasteiger partial charge is 0.464 e. The average molecular weight is 336 g/mol. The van der Waals surface area contributed by atoms with Crippen LogP contribution in [0.15, 0.2) is 30.3 Å². The second-order valence-electron chi connectivity index (χ2n) is 5.43. The second-order valence-corrected chi connectivity index (χ2v) is 7.73. The standard InChI is InChI=1S/C16H20N2O4S/c17-8-4-5-11-22-16(19)15(14-6-2-1-3-7-14)18-9-12-23(20,21)13-10-18/h1-3,6-7,15H,4-5,9-13H2. The number of hydrogen-bond donors (Lipinski definition) is 0. The molecule has 1 unspecified atom stereocenters. The predicted octanol–water partition coefficient (Wildman–Crippen LogP) is 1.31. The summed E-state index contributed by atoms with van der Waals surface area (Å²) in [5, 5.41) is 8.52. The predicted molar refractivity (Wildman–Crippen MR) is 85.2 cm³/mol. The Morgan fingerprint density at radius 1 is 1.26 bits per heavy atom. The van der Waals surface area contributed by atoms with Crippen molar-refractivity contribution >= 4 is 15.8 Å². The van der Waals surface area contributed by atoms with Crippen molar-refractivity contribution in [1.29, 1.82) is 5.26 Å². The molecule has 124 valence electrons. The van der Waals surface area contributed by atoms with Gasteiger partial charge in [-0.3, -0.25) is 4.90 Å². The number of rotatable bonds is 6. The highest BCUT2D eigenvalue weighted by atomic mass is 32.2. The molecule has 1 heterocycles. The Balaban J connectivity index is 2.10. The molecule has 23 heavy (non-hydrogen) atoms. The Bertz CT molecular complexity index is 653. The molecule has 0 bridgehead atoms. The maximum Gasteiger partial charge on any atom is 0.328 e. The van der Waals surface area contributed by atoms with Gasteiger partial charge in [-0.15, -0.1) is 0 Å². The molecule has 1 aliphatic heterocycles. The van der Waals surface area contributed by atoms with Gasteiger partial charge in [-0.2, -0.15) is 5.26 Å². The summed E-state index contributed by atoms with van der Waals surface area (Å²) in [5.41, 5.74) is 0.789. The third-order valence-electron chi connectivity index (χ3n) is 3.76. The summed E-state index contributed by atoms with van der Waals surface area (Å²) < 4.78 is 28.5. The van der Waals surface area contributed by atoms with E-state index in [2.05, 4.69) is 0 Å². The second kappa shape index (κ2) is 8.09. The van der Waals surface area contributed by atoms with Gasteiger partial charge in [0.05, 0.1) is 24.2 Å². The van der Waals surface area contributed by atoms with Crippen molar-refractivity contribution < 1.29 is 17.9 Å². The van der Waals surface area contributed by atoms with Crippen molar-refractivity contribution in [3.05, 3.63) is 35.9 Å². The van der Waals surface area contributed by atoms with Crippen LogP contribution < -0.4 is 0 Å². The molecule has 0 N–H and O–H groups in total. The first kappa shape index (κ1) is 17.4. The van der Waals surface area contributed by atoms with Crippen molar-refractivity contribution in [2.24, 2.45) is 0 Å². The first-order chi connectivity index (χ1) is 11.0. The third-order valence-corrected chi connectivity index (χ3v) is 5.37. The number of esters is 1. The van der Waals surface area contributed by atoms with Gasteiger partial charge in [0.15, 0.2) is 9.84 Å². The Morgan fingerprint density at radius 3 is 2.52 bits per heavy atom. The lowest BCUT2D eigenvalue weighted by Crippen LogP contribution is -2.45. The van der Waals surface area contributed by atoms with Crippen molar-refractivity contribution in [2.45, 2.75) is 18.9 Å². The van der Waals surface area contributed by atoms with E-state index in [9.17, 15) is 13.2 Å². The Kier molecular flexibility index (Phi) is 6.13. The monoisotopic (exact) mass is 336 g/mol. The van der Waals surface area contributed by atoms with Crippen LogP contribution in [0.5, 0.6) is 0 Å². The quantitative estimate of drug-likeness (QED) is 0.575. The van der Waals surface area contributed by atoms with Crippen LogP contribution in [0.25, 0.3) is 0 Å². The zero-order valence-corrected chi connectivity index (χ0v) is 13.7. The molecular formula is C16H20N2O4S. The van der Waals surface area contributed by atoms with Gasteiger partial charge in [0, 0.05) is 19.5 Å². The molecule has 1 aliphatic rings. The number of unbranched alkanes of at least 4 members (excludes halogenated alkanes) is 1. The summed E-state index contributed by atoms with van der Waals surface area (Å²) >= 11 is 0. The highest BCUT2D eigenvalue weighted by Crippen LogP contribution is 2.24. The van der Waals surface area contributed by atoms with E-state index in [0.29, 0.717) is 25.9 Å². The van der Waals surface area contributed by atoms with Crippen molar-refractivity contribution in [3.63, 3.8) is 0 Å². The van der Waals surface area contributed by atoms with E-state index < -0.39 is 21.8 Å². The van der Waals surface area contributed by atoms with Crippen LogP contribution in [-0.4, -0.2) is 50.5 Å². The topological polar surface area (TPSA) is 87.5 Å². The van der Waals surface area contributed by atoms with Crippen LogP contribution in [0.2, 0.25) is 0 Å². The minimum atomic E-state index is -3.01. The molecule has 1 aromatic rings. The van der Waals surface area contributed by atoms with Gasteiger partial charge in [0.25, 0.3) is 0 Å². The number of carbonyl (C=O) groups excluding carboxylic acids is 1. The number of nitrogens with zero attached hydrogens (tertiary/aromatic N) is 2. The van der Waals surface area contributed by atoms with E-state index >= 15 is 0 Å². The number of ether oxygens (including phenoxy) is 1. The first-order valence-electron chi connectivity index (χ1n) is 7.56. The fraction of sp³-hybridized carbons (Fsp3) is 0.500. The molecule has 1 atom stereocenters. The Labute approximate surface area is 136 Å². The van der Waals surface area contributed by atoms with E-state index in [1.54, 1.807) is 0 Å². The lowest BCUT2D eigenvalue weighted by Gasteiger charge is -2.33. The molecule has 0 aliphatic carbocycles. The molecule has 1 saturated heterocycles. The SMILES string of the molecule is N#CCCCOC(=O)C(c1ccccc1)N1CCS(=O)(=O)CC1. The molecule has 0 saturated carbocycles. The zero-order valence-electron chi connectivity index (χ0n) is 12.8. The molecule has 0 spiro atoms. The number of carbonyl (C=O) groups is 1. The van der Waals surface area contributed by atoms with E-state index in [1.165, 1.54) is 0 Å². The van der Waals surface area contributed by atoms with Crippen LogP contribution in [0.4, 0.5) is 0 Å². The normalized spacial score (nSPS) is 18.7. The van der Waals surface area contributed by atoms with Gasteiger partial charge >= 0.3 is 5.97 Å². The van der Waals surface area contributed by atoms with Gasteiger partial charge in [0.2, 0.25) is 0 Å². The van der Waals surface area contributed by atoms with E-state index in [1.807, 2.05) is 41.3 Å². The van der Waals surface area contributed by atoms with Crippen LogP contribution in [0.1, 0.15) is 24.4 Å². The van der Waals surface area contributed by atoms with Gasteiger partial charge in [-0.25, -0.2) is 13.2 Å². The van der Waals surface area contributed by atoms with E-state index in [-0.39, 0.29) is 18.1 Å². The molecule has 0 aromatic heterocycles. The average Bonchev–Trinajstić information content (AvgIpc) is 2.54. The summed E-state index contributed by atoms with van der Waals surface area (Å²) in [6.45, 7) is 0.826. The lowest BCUT2D eigenvalue weighted by atomic mass is 10.1. The van der Waals surface area contributed by atoms with Gasteiger partial charge < -0.3 is 4.74 Å². The molecule has 2 rings (SSSR count). The molecule has 1 fully saturated rings. The maximum atomic E-state index is 12.5. The van der Waals surface area contributed by atoms with Gasteiger partial charge in [-0.1, -0.05) is 30.3 Å². The fourth-order valence-corrected chi connectivity index (χ4v) is 3.75. The Morgan fingerprint density at radius 2 is 1.91 bits per heavy atom. The van der Waals surface area contributed by atoms with Gasteiger partial charge in [0.1, 0.15) is 6.04 Å². The van der Waals surface area contributed by atoms with Crippen LogP contribution in [0.3, 0.4) is 0 Å². The number of sulfone groups is 1. The minimum absolute atomic E-state index is 0.0536.